The lowest BCUT2D eigenvalue weighted by atomic mass is 10.00. The molecule has 0 amide bonds. The third-order valence-electron chi connectivity index (χ3n) is 4.33. The fourth-order valence-electron chi connectivity index (χ4n) is 3.10. The number of aryl methyl sites for hydroxylation is 1. The van der Waals surface area contributed by atoms with E-state index in [1.807, 2.05) is 6.07 Å². The van der Waals surface area contributed by atoms with Crippen LogP contribution in [-0.2, 0) is 19.4 Å². The average molecular weight is 309 g/mol. The zero-order valence-corrected chi connectivity index (χ0v) is 13.6. The molecule has 1 aromatic carbocycles. The number of hydrogen-bond acceptors (Lipinski definition) is 4. The standard InChI is InChI=1S/C19H23N3O/c1-20-13-18-19(23)9-8-17(21-18)7-4-11-22-12-10-15-5-2-3-6-16(15)14-22/h2-3,5-6,8-9,13,23H,4,7,10-12,14H2,1H3/b20-13+. The number of rotatable bonds is 5. The van der Waals surface area contributed by atoms with Gasteiger partial charge in [0.05, 0.1) is 6.21 Å². The number of fused-ring (bicyclic) bond motifs is 1. The van der Waals surface area contributed by atoms with Crippen LogP contribution in [0, 0.1) is 0 Å². The Morgan fingerprint density at radius 2 is 2.04 bits per heavy atom. The van der Waals surface area contributed by atoms with Crippen LogP contribution in [0.2, 0.25) is 0 Å². The molecule has 0 saturated carbocycles. The van der Waals surface area contributed by atoms with Gasteiger partial charge >= 0.3 is 0 Å². The van der Waals surface area contributed by atoms with Crippen molar-refractivity contribution >= 4 is 6.21 Å². The van der Waals surface area contributed by atoms with E-state index in [1.54, 1.807) is 19.3 Å². The van der Waals surface area contributed by atoms with Crippen LogP contribution in [0.5, 0.6) is 5.75 Å². The number of aromatic hydroxyl groups is 1. The molecule has 0 radical (unpaired) electrons. The highest BCUT2D eigenvalue weighted by Crippen LogP contribution is 2.19. The molecule has 1 N–H and O–H groups in total. The molecule has 0 unspecified atom stereocenters. The van der Waals surface area contributed by atoms with Gasteiger partial charge in [-0.2, -0.15) is 0 Å². The highest BCUT2D eigenvalue weighted by Gasteiger charge is 2.15. The highest BCUT2D eigenvalue weighted by molar-refractivity contribution is 5.80. The van der Waals surface area contributed by atoms with E-state index in [9.17, 15) is 5.11 Å². The summed E-state index contributed by atoms with van der Waals surface area (Å²) >= 11 is 0. The lowest BCUT2D eigenvalue weighted by Crippen LogP contribution is -2.31. The molecule has 4 heteroatoms. The Morgan fingerprint density at radius 3 is 2.87 bits per heavy atom. The van der Waals surface area contributed by atoms with Crippen LogP contribution in [0.3, 0.4) is 0 Å². The van der Waals surface area contributed by atoms with Crippen molar-refractivity contribution in [3.63, 3.8) is 0 Å². The van der Waals surface area contributed by atoms with Crippen LogP contribution in [0.4, 0.5) is 0 Å². The largest absolute Gasteiger partial charge is 0.506 e. The minimum absolute atomic E-state index is 0.187. The Labute approximate surface area is 137 Å². The maximum absolute atomic E-state index is 9.73. The molecule has 0 saturated heterocycles. The molecule has 0 fully saturated rings. The first-order valence-corrected chi connectivity index (χ1v) is 8.16. The van der Waals surface area contributed by atoms with Crippen molar-refractivity contribution < 1.29 is 5.11 Å². The summed E-state index contributed by atoms with van der Waals surface area (Å²) in [6.07, 6.45) is 4.73. The highest BCUT2D eigenvalue weighted by atomic mass is 16.3. The van der Waals surface area contributed by atoms with Gasteiger partial charge in [0.25, 0.3) is 0 Å². The number of aliphatic imine (C=N–C) groups is 1. The molecule has 1 aromatic heterocycles. The lowest BCUT2D eigenvalue weighted by molar-refractivity contribution is 0.251. The predicted molar refractivity (Wildman–Crippen MR) is 93.2 cm³/mol. The lowest BCUT2D eigenvalue weighted by Gasteiger charge is -2.28. The smallest absolute Gasteiger partial charge is 0.142 e. The minimum atomic E-state index is 0.187. The number of hydrogen-bond donors (Lipinski definition) is 1. The van der Waals surface area contributed by atoms with Crippen molar-refractivity contribution in [1.82, 2.24) is 9.88 Å². The summed E-state index contributed by atoms with van der Waals surface area (Å²) in [5.74, 6) is 0.187. The van der Waals surface area contributed by atoms with Gasteiger partial charge in [0.1, 0.15) is 11.4 Å². The van der Waals surface area contributed by atoms with Gasteiger partial charge in [-0.25, -0.2) is 4.98 Å². The fourth-order valence-corrected chi connectivity index (χ4v) is 3.10. The van der Waals surface area contributed by atoms with Gasteiger partial charge in [-0.15, -0.1) is 0 Å². The van der Waals surface area contributed by atoms with E-state index >= 15 is 0 Å². The van der Waals surface area contributed by atoms with Gasteiger partial charge in [0.2, 0.25) is 0 Å². The summed E-state index contributed by atoms with van der Waals surface area (Å²) in [6, 6.07) is 12.3. The normalized spacial score (nSPS) is 15.0. The van der Waals surface area contributed by atoms with Gasteiger partial charge in [-0.3, -0.25) is 9.89 Å². The van der Waals surface area contributed by atoms with E-state index in [1.165, 1.54) is 11.1 Å². The first kappa shape index (κ1) is 15.7. The topological polar surface area (TPSA) is 48.7 Å². The van der Waals surface area contributed by atoms with Crippen LogP contribution in [-0.4, -0.2) is 41.3 Å². The van der Waals surface area contributed by atoms with Crippen molar-refractivity contribution in [2.24, 2.45) is 4.99 Å². The molecule has 1 aliphatic heterocycles. The molecule has 1 aliphatic rings. The van der Waals surface area contributed by atoms with Gasteiger partial charge < -0.3 is 5.11 Å². The zero-order chi connectivity index (χ0) is 16.1. The summed E-state index contributed by atoms with van der Waals surface area (Å²) < 4.78 is 0. The van der Waals surface area contributed by atoms with Crippen molar-refractivity contribution in [2.45, 2.75) is 25.8 Å². The van der Waals surface area contributed by atoms with Gasteiger partial charge in [0, 0.05) is 25.8 Å². The van der Waals surface area contributed by atoms with Gasteiger partial charge in [0.15, 0.2) is 0 Å². The van der Waals surface area contributed by atoms with Crippen LogP contribution in [0.15, 0.2) is 41.4 Å². The Bertz CT molecular complexity index is 697. The second-order valence-corrected chi connectivity index (χ2v) is 5.99. The van der Waals surface area contributed by atoms with Gasteiger partial charge in [-0.05, 0) is 49.1 Å². The van der Waals surface area contributed by atoms with E-state index in [2.05, 4.69) is 39.1 Å². The molecule has 2 heterocycles. The van der Waals surface area contributed by atoms with Gasteiger partial charge in [-0.1, -0.05) is 24.3 Å². The third-order valence-corrected chi connectivity index (χ3v) is 4.33. The molecule has 2 aromatic rings. The molecule has 120 valence electrons. The Hall–Kier alpha value is -2.20. The fraction of sp³-hybridized carbons (Fsp3) is 0.368. The molecular weight excluding hydrogens is 286 g/mol. The monoisotopic (exact) mass is 309 g/mol. The quantitative estimate of drug-likeness (QED) is 0.864. The molecule has 0 aliphatic carbocycles. The predicted octanol–water partition coefficient (Wildman–Crippen LogP) is 2.83. The van der Waals surface area contributed by atoms with Crippen molar-refractivity contribution in [1.29, 1.82) is 0 Å². The van der Waals surface area contributed by atoms with Crippen LogP contribution >= 0.6 is 0 Å². The number of nitrogens with zero attached hydrogens (tertiary/aromatic N) is 3. The molecule has 0 bridgehead atoms. The summed E-state index contributed by atoms with van der Waals surface area (Å²) in [5.41, 5.74) is 4.52. The number of benzene rings is 1. The molecule has 0 atom stereocenters. The van der Waals surface area contributed by atoms with Crippen LogP contribution < -0.4 is 0 Å². The average Bonchev–Trinajstić information content (AvgIpc) is 2.58. The second kappa shape index (κ2) is 7.38. The Kier molecular flexibility index (Phi) is 5.03. The number of pyridine rings is 1. The van der Waals surface area contributed by atoms with E-state index in [0.717, 1.165) is 44.6 Å². The van der Waals surface area contributed by atoms with E-state index in [4.69, 9.17) is 0 Å². The van der Waals surface area contributed by atoms with Crippen molar-refractivity contribution in [3.05, 3.63) is 58.9 Å². The summed E-state index contributed by atoms with van der Waals surface area (Å²) in [5, 5.41) is 9.73. The maximum atomic E-state index is 9.73. The van der Waals surface area contributed by atoms with E-state index in [0.29, 0.717) is 5.69 Å². The molecule has 4 nitrogen and oxygen atoms in total. The Morgan fingerprint density at radius 1 is 1.22 bits per heavy atom. The summed E-state index contributed by atoms with van der Waals surface area (Å²) in [4.78, 5) is 10.9. The van der Waals surface area contributed by atoms with Crippen molar-refractivity contribution in [3.8, 4) is 5.75 Å². The zero-order valence-electron chi connectivity index (χ0n) is 13.6. The minimum Gasteiger partial charge on any atom is -0.506 e. The van der Waals surface area contributed by atoms with E-state index in [-0.39, 0.29) is 5.75 Å². The van der Waals surface area contributed by atoms with Crippen molar-refractivity contribution in [2.75, 3.05) is 20.1 Å². The molecule has 3 rings (SSSR count). The first-order chi connectivity index (χ1) is 11.3. The third kappa shape index (κ3) is 3.96. The molecule has 23 heavy (non-hydrogen) atoms. The molecule has 0 spiro atoms. The molecular formula is C19H23N3O. The Balaban J connectivity index is 1.53. The first-order valence-electron chi connectivity index (χ1n) is 8.16. The van der Waals surface area contributed by atoms with E-state index < -0.39 is 0 Å². The summed E-state index contributed by atoms with van der Waals surface area (Å²) in [7, 11) is 1.68. The maximum Gasteiger partial charge on any atom is 0.142 e. The summed E-state index contributed by atoms with van der Waals surface area (Å²) in [6.45, 7) is 3.26. The number of aromatic nitrogens is 1. The van der Waals surface area contributed by atoms with Crippen LogP contribution in [0.1, 0.15) is 28.9 Å². The second-order valence-electron chi connectivity index (χ2n) is 5.99. The SMILES string of the molecule is C/N=C/c1nc(CCCN2CCc3ccccc3C2)ccc1O. The van der Waals surface area contributed by atoms with Crippen LogP contribution in [0.25, 0.3) is 0 Å².